The predicted octanol–water partition coefficient (Wildman–Crippen LogP) is 1.77. The Bertz CT molecular complexity index is 248. The van der Waals surface area contributed by atoms with Gasteiger partial charge < -0.3 is 9.69 Å². The van der Waals surface area contributed by atoms with E-state index in [2.05, 4.69) is 6.07 Å². The predicted molar refractivity (Wildman–Crippen MR) is 48.6 cm³/mol. The molecule has 0 saturated carbocycles. The largest absolute Gasteiger partial charge is 0.496 e. The molecule has 0 atom stereocenters. The molecule has 1 rings (SSSR count). The van der Waals surface area contributed by atoms with Crippen molar-refractivity contribution in [3.63, 3.8) is 0 Å². The second-order valence-corrected chi connectivity index (χ2v) is 2.80. The molecule has 1 aromatic carbocycles. The number of nitrogens with zero attached hydrogens (tertiary/aromatic N) is 1. The molecule has 0 aliphatic heterocycles. The normalized spacial score (nSPS) is 9.15. The van der Waals surface area contributed by atoms with Gasteiger partial charge in [-0.3, -0.25) is 6.07 Å². The summed E-state index contributed by atoms with van der Waals surface area (Å²) in [4.78, 5) is 12.0. The van der Waals surface area contributed by atoms with E-state index in [-0.39, 0.29) is 38.8 Å². The molecule has 0 spiro atoms. The van der Waals surface area contributed by atoms with E-state index in [1.165, 1.54) is 4.90 Å². The third kappa shape index (κ3) is 3.57. The molecule has 0 aliphatic rings. The number of hydrogen-bond donors (Lipinski definition) is 0. The van der Waals surface area contributed by atoms with Crippen molar-refractivity contribution < 1.29 is 37.5 Å². The van der Waals surface area contributed by atoms with Gasteiger partial charge in [0.25, 0.3) is 0 Å². The summed E-state index contributed by atoms with van der Waals surface area (Å²) < 4.78 is 0. The first-order chi connectivity index (χ1) is 5.75. The van der Waals surface area contributed by atoms with E-state index in [1.807, 2.05) is 38.5 Å². The van der Waals surface area contributed by atoms with Gasteiger partial charge in [0.15, 0.2) is 0 Å². The molecule has 1 amide bonds. The molecule has 0 heterocycles. The van der Waals surface area contributed by atoms with Crippen LogP contribution in [-0.2, 0) is 37.5 Å². The van der Waals surface area contributed by atoms with Gasteiger partial charge >= 0.3 is 0 Å². The first-order valence-electron chi connectivity index (χ1n) is 3.89. The maximum atomic E-state index is 10.5. The molecule has 0 fully saturated rings. The van der Waals surface area contributed by atoms with Gasteiger partial charge in [-0.2, -0.15) is 18.2 Å². The molecule has 2 nitrogen and oxygen atoms in total. The average molecular weight is 250 g/mol. The van der Waals surface area contributed by atoms with Crippen LogP contribution in [0.15, 0.2) is 24.3 Å². The summed E-state index contributed by atoms with van der Waals surface area (Å²) in [6.45, 7) is 3.87. The van der Waals surface area contributed by atoms with Crippen molar-refractivity contribution in [2.45, 2.75) is 19.9 Å². The molecule has 0 aliphatic carbocycles. The zero-order chi connectivity index (χ0) is 8.97. The van der Waals surface area contributed by atoms with E-state index in [4.69, 9.17) is 0 Å². The maximum Gasteiger partial charge on any atom is 0.0705 e. The number of rotatable bonds is 3. The van der Waals surface area contributed by atoms with Crippen LogP contribution in [0.2, 0.25) is 0 Å². The van der Waals surface area contributed by atoms with Gasteiger partial charge in [-0.15, -0.1) is 0 Å². The maximum absolute atomic E-state index is 10.5. The van der Waals surface area contributed by atoms with Crippen LogP contribution in [0.5, 0.6) is 0 Å². The van der Waals surface area contributed by atoms with Crippen LogP contribution in [0.25, 0.3) is 0 Å². The van der Waals surface area contributed by atoms with E-state index in [1.54, 1.807) is 6.07 Å². The molecular weight excluding hydrogens is 239 g/mol. The Labute approximate surface area is 104 Å². The second kappa shape index (κ2) is 6.28. The minimum atomic E-state index is 0. The standard InChI is InChI=1S/C10H11NO.Y/c1-9(2)11(8-12)10-6-4-3-5-7-10;/h3-6,9H,1-2H3;/q-2;. The SMILES string of the molecule is CC(C)N([C-]=O)c1[c-]cccc1.[Y]. The molecule has 0 bridgehead atoms. The number of amides is 1. The van der Waals surface area contributed by atoms with E-state index in [0.717, 1.165) is 5.69 Å². The fourth-order valence-corrected chi connectivity index (χ4v) is 0.966. The van der Waals surface area contributed by atoms with Crippen molar-refractivity contribution in [1.29, 1.82) is 0 Å². The van der Waals surface area contributed by atoms with Gasteiger partial charge in [-0.1, -0.05) is 0 Å². The van der Waals surface area contributed by atoms with Crippen molar-refractivity contribution in [1.82, 2.24) is 0 Å². The van der Waals surface area contributed by atoms with Gasteiger partial charge in [0, 0.05) is 32.7 Å². The van der Waals surface area contributed by atoms with Crippen LogP contribution in [0, 0.1) is 6.07 Å². The van der Waals surface area contributed by atoms with Crippen molar-refractivity contribution in [3.8, 4) is 0 Å². The quantitative estimate of drug-likeness (QED) is 0.591. The third-order valence-corrected chi connectivity index (χ3v) is 1.57. The van der Waals surface area contributed by atoms with Crippen molar-refractivity contribution in [2.24, 2.45) is 0 Å². The molecule has 67 valence electrons. The van der Waals surface area contributed by atoms with E-state index in [0.29, 0.717) is 0 Å². The van der Waals surface area contributed by atoms with Crippen molar-refractivity contribution in [3.05, 3.63) is 30.3 Å². The number of carbonyl (C=O) groups excluding carboxylic acids is 1. The summed E-state index contributed by atoms with van der Waals surface area (Å²) >= 11 is 0. The molecule has 0 unspecified atom stereocenters. The van der Waals surface area contributed by atoms with Crippen LogP contribution in [0.1, 0.15) is 13.8 Å². The summed E-state index contributed by atoms with van der Waals surface area (Å²) in [6, 6.07) is 10.4. The minimum Gasteiger partial charge on any atom is -0.496 e. The average Bonchev–Trinajstić information content (AvgIpc) is 2.07. The topological polar surface area (TPSA) is 20.3 Å². The second-order valence-electron chi connectivity index (χ2n) is 2.80. The first kappa shape index (κ1) is 12.8. The first-order valence-corrected chi connectivity index (χ1v) is 3.89. The van der Waals surface area contributed by atoms with Crippen molar-refractivity contribution >= 4 is 12.1 Å². The number of para-hydroxylation sites is 1. The summed E-state index contributed by atoms with van der Waals surface area (Å²) in [5.41, 5.74) is 0.766. The Hall–Kier alpha value is -0.206. The summed E-state index contributed by atoms with van der Waals surface area (Å²) in [7, 11) is 0. The molecule has 1 radical (unpaired) electrons. The third-order valence-electron chi connectivity index (χ3n) is 1.57. The van der Waals surface area contributed by atoms with E-state index < -0.39 is 0 Å². The summed E-state index contributed by atoms with van der Waals surface area (Å²) in [5, 5.41) is 0. The van der Waals surface area contributed by atoms with Crippen LogP contribution in [0.4, 0.5) is 5.69 Å². The molecule has 3 heteroatoms. The van der Waals surface area contributed by atoms with Crippen LogP contribution < -0.4 is 4.90 Å². The number of benzene rings is 1. The Morgan fingerprint density at radius 3 is 2.54 bits per heavy atom. The van der Waals surface area contributed by atoms with Crippen LogP contribution in [-0.4, -0.2) is 12.5 Å². The van der Waals surface area contributed by atoms with Crippen molar-refractivity contribution in [2.75, 3.05) is 4.90 Å². The summed E-state index contributed by atoms with van der Waals surface area (Å²) in [5.74, 6) is 0. The molecule has 0 aromatic heterocycles. The van der Waals surface area contributed by atoms with Gasteiger partial charge in [-0.05, 0) is 19.9 Å². The molecular formula is C10H11NOY-2. The van der Waals surface area contributed by atoms with E-state index in [9.17, 15) is 4.79 Å². The van der Waals surface area contributed by atoms with Crippen LogP contribution in [0.3, 0.4) is 0 Å². The van der Waals surface area contributed by atoms with Crippen LogP contribution >= 0.6 is 0 Å². The Kier molecular flexibility index (Phi) is 6.18. The molecule has 0 N–H and O–H groups in total. The fraction of sp³-hybridized carbons (Fsp3) is 0.300. The van der Waals surface area contributed by atoms with Gasteiger partial charge in [0.05, 0.1) is 6.41 Å². The monoisotopic (exact) mass is 250 g/mol. The van der Waals surface area contributed by atoms with Gasteiger partial charge in [-0.25, -0.2) is 11.8 Å². The minimum absolute atomic E-state index is 0. The zero-order valence-corrected chi connectivity index (χ0v) is 10.7. The zero-order valence-electron chi connectivity index (χ0n) is 7.82. The number of hydrogen-bond acceptors (Lipinski definition) is 1. The van der Waals surface area contributed by atoms with Gasteiger partial charge in [0.2, 0.25) is 0 Å². The summed E-state index contributed by atoms with van der Waals surface area (Å²) in [6.07, 6.45) is 1.87. The smallest absolute Gasteiger partial charge is 0.0705 e. The molecule has 13 heavy (non-hydrogen) atoms. The molecule has 0 saturated heterocycles. The van der Waals surface area contributed by atoms with Gasteiger partial charge in [0.1, 0.15) is 0 Å². The Morgan fingerprint density at radius 2 is 2.15 bits per heavy atom. The fourth-order valence-electron chi connectivity index (χ4n) is 0.966. The number of anilines is 1. The molecule has 1 aromatic rings. The Balaban J connectivity index is 0.00000144. The van der Waals surface area contributed by atoms with E-state index >= 15 is 0 Å². The Morgan fingerprint density at radius 1 is 1.46 bits per heavy atom.